The second-order valence-electron chi connectivity index (χ2n) is 6.87. The molecule has 0 unspecified atom stereocenters. The molecule has 3 heterocycles. The molecule has 0 spiro atoms. The highest BCUT2D eigenvalue weighted by Crippen LogP contribution is 2.28. The van der Waals surface area contributed by atoms with E-state index in [-0.39, 0.29) is 12.3 Å². The van der Waals surface area contributed by atoms with Gasteiger partial charge in [0.15, 0.2) is 0 Å². The molecule has 4 rings (SSSR count). The Bertz CT molecular complexity index is 1130. The lowest BCUT2D eigenvalue weighted by Gasteiger charge is -2.10. The van der Waals surface area contributed by atoms with Gasteiger partial charge in [0.05, 0.1) is 17.8 Å². The van der Waals surface area contributed by atoms with Crippen molar-refractivity contribution in [2.24, 2.45) is 0 Å². The van der Waals surface area contributed by atoms with Crippen LogP contribution >= 0.6 is 0 Å². The Labute approximate surface area is 175 Å². The summed E-state index contributed by atoms with van der Waals surface area (Å²) in [6, 6.07) is 19.3. The third kappa shape index (κ3) is 4.72. The van der Waals surface area contributed by atoms with Crippen LogP contribution in [0.3, 0.4) is 0 Å². The molecule has 1 N–H and O–H groups in total. The highest BCUT2D eigenvalue weighted by molar-refractivity contribution is 5.79. The molecule has 6 heteroatoms. The fourth-order valence-electron chi connectivity index (χ4n) is 3.11. The van der Waals surface area contributed by atoms with Crippen molar-refractivity contribution in [1.82, 2.24) is 25.3 Å². The maximum Gasteiger partial charge on any atom is 0.226 e. The first-order valence-electron chi connectivity index (χ1n) is 9.70. The molecule has 30 heavy (non-hydrogen) atoms. The van der Waals surface area contributed by atoms with Gasteiger partial charge in [-0.05, 0) is 36.8 Å². The molecule has 0 saturated carbocycles. The summed E-state index contributed by atoms with van der Waals surface area (Å²) >= 11 is 0. The molecule has 0 bridgehead atoms. The van der Waals surface area contributed by atoms with Crippen molar-refractivity contribution in [3.05, 3.63) is 96.3 Å². The summed E-state index contributed by atoms with van der Waals surface area (Å²) in [7, 11) is 0. The number of benzene rings is 1. The number of rotatable bonds is 6. The molecule has 4 aromatic rings. The Balaban J connectivity index is 1.48. The summed E-state index contributed by atoms with van der Waals surface area (Å²) in [5, 5.41) is 2.94. The van der Waals surface area contributed by atoms with Crippen LogP contribution in [0.1, 0.15) is 17.1 Å². The molecule has 148 valence electrons. The number of hydrogen-bond donors (Lipinski definition) is 1. The molecule has 0 aliphatic carbocycles. The van der Waals surface area contributed by atoms with Crippen LogP contribution in [0.2, 0.25) is 0 Å². The summed E-state index contributed by atoms with van der Waals surface area (Å²) in [4.78, 5) is 29.7. The van der Waals surface area contributed by atoms with E-state index in [0.29, 0.717) is 12.4 Å². The SMILES string of the molecule is Cc1ncc(-c2ccccn2)c(-c2ccc(CNC(=O)Cc3ccccn3)cc2)n1. The zero-order chi connectivity index (χ0) is 20.8. The Morgan fingerprint density at radius 1 is 0.900 bits per heavy atom. The van der Waals surface area contributed by atoms with Gasteiger partial charge in [0.25, 0.3) is 0 Å². The normalized spacial score (nSPS) is 10.6. The minimum absolute atomic E-state index is 0.0540. The van der Waals surface area contributed by atoms with Gasteiger partial charge in [0, 0.05) is 42.0 Å². The molecule has 0 atom stereocenters. The van der Waals surface area contributed by atoms with Crippen molar-refractivity contribution in [1.29, 1.82) is 0 Å². The highest BCUT2D eigenvalue weighted by atomic mass is 16.1. The fourth-order valence-corrected chi connectivity index (χ4v) is 3.11. The average molecular weight is 395 g/mol. The molecule has 0 aliphatic heterocycles. The molecular weight excluding hydrogens is 374 g/mol. The van der Waals surface area contributed by atoms with Gasteiger partial charge in [-0.15, -0.1) is 0 Å². The number of carbonyl (C=O) groups excluding carboxylic acids is 1. The van der Waals surface area contributed by atoms with Crippen molar-refractivity contribution in [2.45, 2.75) is 19.9 Å². The lowest BCUT2D eigenvalue weighted by atomic mass is 10.0. The van der Waals surface area contributed by atoms with Crippen LogP contribution in [0.4, 0.5) is 0 Å². The molecule has 1 amide bonds. The number of nitrogens with zero attached hydrogens (tertiary/aromatic N) is 4. The standard InChI is InChI=1S/C24H21N5O/c1-17-27-16-21(22-7-3-5-13-26-22)24(29-17)19-10-8-18(9-11-19)15-28-23(30)14-20-6-2-4-12-25-20/h2-13,16H,14-15H2,1H3,(H,28,30). The van der Waals surface area contributed by atoms with Gasteiger partial charge in [-0.25, -0.2) is 9.97 Å². The van der Waals surface area contributed by atoms with E-state index in [9.17, 15) is 4.79 Å². The Morgan fingerprint density at radius 2 is 1.67 bits per heavy atom. The Hall–Kier alpha value is -3.93. The number of amides is 1. The van der Waals surface area contributed by atoms with E-state index in [0.717, 1.165) is 33.8 Å². The van der Waals surface area contributed by atoms with E-state index >= 15 is 0 Å². The third-order valence-electron chi connectivity index (χ3n) is 4.63. The minimum Gasteiger partial charge on any atom is -0.352 e. The van der Waals surface area contributed by atoms with Crippen molar-refractivity contribution in [3.8, 4) is 22.5 Å². The van der Waals surface area contributed by atoms with Crippen LogP contribution in [-0.4, -0.2) is 25.8 Å². The first kappa shape index (κ1) is 19.4. The number of nitrogens with one attached hydrogen (secondary N) is 1. The lowest BCUT2D eigenvalue weighted by molar-refractivity contribution is -0.120. The quantitative estimate of drug-likeness (QED) is 0.538. The fraction of sp³-hybridized carbons (Fsp3) is 0.125. The van der Waals surface area contributed by atoms with Gasteiger partial charge in [-0.2, -0.15) is 0 Å². The molecule has 0 fully saturated rings. The molecule has 0 aliphatic rings. The summed E-state index contributed by atoms with van der Waals surface area (Å²) in [6.07, 6.45) is 5.53. The molecule has 3 aromatic heterocycles. The van der Waals surface area contributed by atoms with Gasteiger partial charge < -0.3 is 5.32 Å². The van der Waals surface area contributed by atoms with Gasteiger partial charge in [0.2, 0.25) is 5.91 Å². The van der Waals surface area contributed by atoms with Crippen LogP contribution in [-0.2, 0) is 17.8 Å². The summed E-state index contributed by atoms with van der Waals surface area (Å²) in [6.45, 7) is 2.33. The number of carbonyl (C=O) groups is 1. The monoisotopic (exact) mass is 395 g/mol. The Morgan fingerprint density at radius 3 is 2.37 bits per heavy atom. The number of aryl methyl sites for hydroxylation is 1. The smallest absolute Gasteiger partial charge is 0.226 e. The molecule has 6 nitrogen and oxygen atoms in total. The first-order valence-corrected chi connectivity index (χ1v) is 9.70. The number of pyridine rings is 2. The van der Waals surface area contributed by atoms with Crippen LogP contribution in [0.5, 0.6) is 0 Å². The molecule has 0 radical (unpaired) electrons. The van der Waals surface area contributed by atoms with E-state index < -0.39 is 0 Å². The summed E-state index contributed by atoms with van der Waals surface area (Å²) < 4.78 is 0. The largest absolute Gasteiger partial charge is 0.352 e. The van der Waals surface area contributed by atoms with E-state index in [1.165, 1.54) is 0 Å². The third-order valence-corrected chi connectivity index (χ3v) is 4.63. The van der Waals surface area contributed by atoms with E-state index in [1.54, 1.807) is 12.4 Å². The Kier molecular flexibility index (Phi) is 5.85. The van der Waals surface area contributed by atoms with Gasteiger partial charge in [-0.1, -0.05) is 36.4 Å². The minimum atomic E-state index is -0.0540. The van der Waals surface area contributed by atoms with Crippen LogP contribution in [0.25, 0.3) is 22.5 Å². The van der Waals surface area contributed by atoms with Crippen LogP contribution in [0, 0.1) is 6.92 Å². The summed E-state index contributed by atoms with van der Waals surface area (Å²) in [5.41, 5.74) is 5.30. The predicted molar refractivity (Wildman–Crippen MR) is 115 cm³/mol. The molecule has 1 aromatic carbocycles. The van der Waals surface area contributed by atoms with Crippen LogP contribution in [0.15, 0.2) is 79.3 Å². The first-order chi connectivity index (χ1) is 14.7. The van der Waals surface area contributed by atoms with Gasteiger partial charge >= 0.3 is 0 Å². The zero-order valence-electron chi connectivity index (χ0n) is 16.6. The summed E-state index contributed by atoms with van der Waals surface area (Å²) in [5.74, 6) is 0.650. The second-order valence-corrected chi connectivity index (χ2v) is 6.87. The van der Waals surface area contributed by atoms with Crippen molar-refractivity contribution >= 4 is 5.91 Å². The number of aromatic nitrogens is 4. The predicted octanol–water partition coefficient (Wildman–Crippen LogP) is 3.77. The topological polar surface area (TPSA) is 80.7 Å². The molecule has 0 saturated heterocycles. The number of hydrogen-bond acceptors (Lipinski definition) is 5. The molecular formula is C24H21N5O. The van der Waals surface area contributed by atoms with Gasteiger partial charge in [-0.3, -0.25) is 14.8 Å². The maximum atomic E-state index is 12.1. The van der Waals surface area contributed by atoms with E-state index in [2.05, 4.69) is 25.3 Å². The van der Waals surface area contributed by atoms with Crippen molar-refractivity contribution in [3.63, 3.8) is 0 Å². The van der Waals surface area contributed by atoms with Crippen LogP contribution < -0.4 is 5.32 Å². The van der Waals surface area contributed by atoms with E-state index in [4.69, 9.17) is 0 Å². The van der Waals surface area contributed by atoms with E-state index in [1.807, 2.05) is 73.8 Å². The maximum absolute atomic E-state index is 12.1. The highest BCUT2D eigenvalue weighted by Gasteiger charge is 2.12. The van der Waals surface area contributed by atoms with Crippen molar-refractivity contribution < 1.29 is 4.79 Å². The van der Waals surface area contributed by atoms with Crippen molar-refractivity contribution in [2.75, 3.05) is 0 Å². The average Bonchev–Trinajstić information content (AvgIpc) is 2.79. The lowest BCUT2D eigenvalue weighted by Crippen LogP contribution is -2.24. The zero-order valence-corrected chi connectivity index (χ0v) is 16.6. The van der Waals surface area contributed by atoms with Gasteiger partial charge in [0.1, 0.15) is 5.82 Å². The second kappa shape index (κ2) is 9.05.